The van der Waals surface area contributed by atoms with Crippen molar-refractivity contribution in [1.29, 1.82) is 0 Å². The van der Waals surface area contributed by atoms with Gasteiger partial charge in [-0.25, -0.2) is 4.39 Å². The zero-order valence-electron chi connectivity index (χ0n) is 12.9. The molecule has 0 bridgehead atoms. The van der Waals surface area contributed by atoms with Crippen molar-refractivity contribution in [2.45, 2.75) is 26.8 Å². The molecule has 1 aromatic carbocycles. The number of amides is 1. The van der Waals surface area contributed by atoms with Crippen molar-refractivity contribution < 1.29 is 9.18 Å². The van der Waals surface area contributed by atoms with Crippen LogP contribution in [0.25, 0.3) is 0 Å². The molecule has 1 aromatic heterocycles. The van der Waals surface area contributed by atoms with Gasteiger partial charge in [0.25, 0.3) is 0 Å². The Morgan fingerprint density at radius 1 is 1.09 bits per heavy atom. The van der Waals surface area contributed by atoms with E-state index in [0.29, 0.717) is 0 Å². The monoisotopic (exact) mass is 301 g/mol. The Hall–Kier alpha value is -2.43. The number of anilines is 2. The first-order chi connectivity index (χ1) is 10.5. The van der Waals surface area contributed by atoms with Crippen LogP contribution in [-0.2, 0) is 4.79 Å². The van der Waals surface area contributed by atoms with Gasteiger partial charge in [-0.3, -0.25) is 9.78 Å². The van der Waals surface area contributed by atoms with E-state index in [1.807, 2.05) is 45.0 Å². The molecule has 2 N–H and O–H groups in total. The minimum Gasteiger partial charge on any atom is -0.378 e. The number of benzene rings is 1. The largest absolute Gasteiger partial charge is 0.378 e. The molecule has 0 unspecified atom stereocenters. The van der Waals surface area contributed by atoms with Gasteiger partial charge in [-0.2, -0.15) is 0 Å². The van der Waals surface area contributed by atoms with Gasteiger partial charge in [-0.15, -0.1) is 0 Å². The van der Waals surface area contributed by atoms with Gasteiger partial charge in [-0.1, -0.05) is 13.8 Å². The number of rotatable bonds is 5. The minimum atomic E-state index is -0.349. The fraction of sp³-hybridized carbons (Fsp3) is 0.294. The molecule has 0 saturated heterocycles. The quantitative estimate of drug-likeness (QED) is 0.878. The van der Waals surface area contributed by atoms with E-state index < -0.39 is 0 Å². The molecular formula is C17H20FN3O. The molecule has 22 heavy (non-hydrogen) atoms. The van der Waals surface area contributed by atoms with Gasteiger partial charge in [-0.05, 0) is 42.8 Å². The summed E-state index contributed by atoms with van der Waals surface area (Å²) in [5, 5.41) is 6.10. The molecule has 0 aliphatic carbocycles. The number of hydrogen-bond donors (Lipinski definition) is 2. The summed E-state index contributed by atoms with van der Waals surface area (Å²) in [5.74, 6) is -0.420. The van der Waals surface area contributed by atoms with Crippen LogP contribution >= 0.6 is 0 Å². The highest BCUT2D eigenvalue weighted by atomic mass is 19.1. The Bertz CT molecular complexity index is 641. The van der Waals surface area contributed by atoms with Gasteiger partial charge in [0.2, 0.25) is 5.91 Å². The van der Waals surface area contributed by atoms with Gasteiger partial charge in [0.1, 0.15) is 5.82 Å². The van der Waals surface area contributed by atoms with E-state index in [1.54, 1.807) is 6.20 Å². The SMILES string of the molecule is CC(C)C(=O)Nc1ccc(N[C@@H](C)c2cncc(F)c2)cc1. The molecule has 2 aromatic rings. The predicted molar refractivity (Wildman–Crippen MR) is 86.1 cm³/mol. The molecule has 4 nitrogen and oxygen atoms in total. The molecule has 0 radical (unpaired) electrons. The van der Waals surface area contributed by atoms with Crippen LogP contribution in [0.15, 0.2) is 42.7 Å². The molecule has 0 spiro atoms. The maximum Gasteiger partial charge on any atom is 0.226 e. The van der Waals surface area contributed by atoms with Gasteiger partial charge < -0.3 is 10.6 Å². The highest BCUT2D eigenvalue weighted by molar-refractivity contribution is 5.92. The molecule has 116 valence electrons. The number of aromatic nitrogens is 1. The summed E-state index contributed by atoms with van der Waals surface area (Å²) in [6.45, 7) is 5.63. The summed E-state index contributed by atoms with van der Waals surface area (Å²) >= 11 is 0. The Morgan fingerprint density at radius 2 is 1.73 bits per heavy atom. The normalized spacial score (nSPS) is 12.0. The van der Waals surface area contributed by atoms with Crippen molar-refractivity contribution in [2.75, 3.05) is 10.6 Å². The summed E-state index contributed by atoms with van der Waals surface area (Å²) in [6.07, 6.45) is 2.82. The Balaban J connectivity index is 2.00. The summed E-state index contributed by atoms with van der Waals surface area (Å²) in [4.78, 5) is 15.5. The van der Waals surface area contributed by atoms with Crippen molar-refractivity contribution in [2.24, 2.45) is 5.92 Å². The van der Waals surface area contributed by atoms with Crippen molar-refractivity contribution in [3.63, 3.8) is 0 Å². The van der Waals surface area contributed by atoms with Gasteiger partial charge in [0.05, 0.1) is 12.2 Å². The van der Waals surface area contributed by atoms with E-state index in [1.165, 1.54) is 12.3 Å². The lowest BCUT2D eigenvalue weighted by Crippen LogP contribution is -2.17. The molecule has 1 atom stereocenters. The molecule has 0 fully saturated rings. The number of nitrogens with one attached hydrogen (secondary N) is 2. The van der Waals surface area contributed by atoms with Gasteiger partial charge in [0.15, 0.2) is 0 Å². The first-order valence-electron chi connectivity index (χ1n) is 7.23. The first kappa shape index (κ1) is 15.9. The van der Waals surface area contributed by atoms with Crippen LogP contribution in [0.4, 0.5) is 15.8 Å². The van der Waals surface area contributed by atoms with Crippen LogP contribution in [0, 0.1) is 11.7 Å². The molecule has 0 aliphatic heterocycles. The van der Waals surface area contributed by atoms with Crippen LogP contribution < -0.4 is 10.6 Å². The van der Waals surface area contributed by atoms with E-state index in [2.05, 4.69) is 15.6 Å². The second-order valence-corrected chi connectivity index (χ2v) is 5.52. The van der Waals surface area contributed by atoms with Crippen LogP contribution in [0.1, 0.15) is 32.4 Å². The number of hydrogen-bond acceptors (Lipinski definition) is 3. The maximum atomic E-state index is 13.2. The Labute approximate surface area is 129 Å². The topological polar surface area (TPSA) is 54.0 Å². The molecule has 0 aliphatic rings. The summed E-state index contributed by atoms with van der Waals surface area (Å²) in [6, 6.07) is 8.80. The van der Waals surface area contributed by atoms with E-state index in [0.717, 1.165) is 16.9 Å². The third-order valence-corrected chi connectivity index (χ3v) is 3.29. The zero-order chi connectivity index (χ0) is 16.1. The van der Waals surface area contributed by atoms with Crippen LogP contribution in [-0.4, -0.2) is 10.9 Å². The number of nitrogens with zero attached hydrogens (tertiary/aromatic N) is 1. The van der Waals surface area contributed by atoms with E-state index in [-0.39, 0.29) is 23.7 Å². The summed E-state index contributed by atoms with van der Waals surface area (Å²) in [7, 11) is 0. The average molecular weight is 301 g/mol. The smallest absolute Gasteiger partial charge is 0.226 e. The second kappa shape index (κ2) is 7.02. The number of halogens is 1. The molecule has 0 saturated carbocycles. The number of pyridine rings is 1. The first-order valence-corrected chi connectivity index (χ1v) is 7.23. The lowest BCUT2D eigenvalue weighted by Gasteiger charge is -2.16. The van der Waals surface area contributed by atoms with Crippen molar-refractivity contribution in [3.05, 3.63) is 54.1 Å². The fourth-order valence-corrected chi connectivity index (χ4v) is 1.93. The molecule has 1 amide bonds. The standard InChI is InChI=1S/C17H20FN3O/c1-11(2)17(22)21-16-6-4-15(5-7-16)20-12(3)13-8-14(18)10-19-9-13/h4-12,20H,1-3H3,(H,21,22)/t12-/m0/s1. The molecule has 1 heterocycles. The minimum absolute atomic E-state index is 0.0140. The predicted octanol–water partition coefficient (Wildman–Crippen LogP) is 3.99. The highest BCUT2D eigenvalue weighted by Gasteiger charge is 2.09. The maximum absolute atomic E-state index is 13.2. The Morgan fingerprint density at radius 3 is 2.32 bits per heavy atom. The number of carbonyl (C=O) groups excluding carboxylic acids is 1. The van der Waals surface area contributed by atoms with Crippen LogP contribution in [0.3, 0.4) is 0 Å². The lowest BCUT2D eigenvalue weighted by molar-refractivity contribution is -0.118. The molecular weight excluding hydrogens is 281 g/mol. The van der Waals surface area contributed by atoms with Gasteiger partial charge >= 0.3 is 0 Å². The summed E-state index contributed by atoms with van der Waals surface area (Å²) < 4.78 is 13.2. The third kappa shape index (κ3) is 4.28. The highest BCUT2D eigenvalue weighted by Crippen LogP contribution is 2.21. The van der Waals surface area contributed by atoms with E-state index in [4.69, 9.17) is 0 Å². The van der Waals surface area contributed by atoms with Crippen molar-refractivity contribution >= 4 is 17.3 Å². The molecule has 5 heteroatoms. The average Bonchev–Trinajstić information content (AvgIpc) is 2.49. The van der Waals surface area contributed by atoms with Crippen molar-refractivity contribution in [3.8, 4) is 0 Å². The Kier molecular flexibility index (Phi) is 5.09. The van der Waals surface area contributed by atoms with E-state index in [9.17, 15) is 9.18 Å². The number of carbonyl (C=O) groups is 1. The van der Waals surface area contributed by atoms with Crippen LogP contribution in [0.5, 0.6) is 0 Å². The fourth-order valence-electron chi connectivity index (χ4n) is 1.93. The zero-order valence-corrected chi connectivity index (χ0v) is 12.9. The van der Waals surface area contributed by atoms with Gasteiger partial charge in [0, 0.05) is 23.5 Å². The van der Waals surface area contributed by atoms with E-state index >= 15 is 0 Å². The van der Waals surface area contributed by atoms with Crippen LogP contribution in [0.2, 0.25) is 0 Å². The summed E-state index contributed by atoms with van der Waals surface area (Å²) in [5.41, 5.74) is 2.42. The lowest BCUT2D eigenvalue weighted by atomic mass is 10.1. The van der Waals surface area contributed by atoms with Crippen molar-refractivity contribution in [1.82, 2.24) is 4.98 Å². The third-order valence-electron chi connectivity index (χ3n) is 3.29. The molecule has 2 rings (SSSR count). The second-order valence-electron chi connectivity index (χ2n) is 5.52.